The van der Waals surface area contributed by atoms with Gasteiger partial charge in [0.25, 0.3) is 5.91 Å². The van der Waals surface area contributed by atoms with Crippen molar-refractivity contribution >= 4 is 11.6 Å². The van der Waals surface area contributed by atoms with Crippen molar-refractivity contribution in [1.29, 1.82) is 0 Å². The van der Waals surface area contributed by atoms with Crippen LogP contribution in [0.25, 0.3) is 0 Å². The lowest BCUT2D eigenvalue weighted by atomic mass is 10.1. The summed E-state index contributed by atoms with van der Waals surface area (Å²) in [7, 11) is 0. The zero-order chi connectivity index (χ0) is 14.9. The molecule has 2 rings (SSSR count). The largest absolute Gasteiger partial charge is 0.508 e. The van der Waals surface area contributed by atoms with Crippen LogP contribution in [0.1, 0.15) is 36.7 Å². The zero-order valence-corrected chi connectivity index (χ0v) is 12.1. The van der Waals surface area contributed by atoms with Crippen molar-refractivity contribution in [2.24, 2.45) is 0 Å². The number of phenolic OH excluding ortho intramolecular Hbond substituents is 1. The van der Waals surface area contributed by atoms with Crippen LogP contribution in [-0.4, -0.2) is 20.8 Å². The van der Waals surface area contributed by atoms with E-state index in [4.69, 9.17) is 0 Å². The summed E-state index contributed by atoms with van der Waals surface area (Å²) < 4.78 is 1.76. The highest BCUT2D eigenvalue weighted by Gasteiger charge is 2.17. The van der Waals surface area contributed by atoms with E-state index in [1.807, 2.05) is 27.7 Å². The van der Waals surface area contributed by atoms with Gasteiger partial charge in [-0.2, -0.15) is 5.10 Å². The van der Waals surface area contributed by atoms with Gasteiger partial charge in [0, 0.05) is 11.9 Å². The first-order valence-electron chi connectivity index (χ1n) is 6.43. The quantitative estimate of drug-likeness (QED) is 0.827. The third-order valence-corrected chi connectivity index (χ3v) is 2.99. The molecule has 2 N–H and O–H groups in total. The van der Waals surface area contributed by atoms with Crippen molar-refractivity contribution in [3.8, 4) is 5.75 Å². The third kappa shape index (κ3) is 2.99. The second-order valence-corrected chi connectivity index (χ2v) is 5.80. The molecule has 0 atom stereocenters. The van der Waals surface area contributed by atoms with Crippen molar-refractivity contribution in [2.45, 2.75) is 33.2 Å². The molecule has 1 aromatic heterocycles. The summed E-state index contributed by atoms with van der Waals surface area (Å²) in [6.45, 7) is 7.89. The number of benzene rings is 1. The molecule has 0 aliphatic carbocycles. The third-order valence-electron chi connectivity index (χ3n) is 2.99. The summed E-state index contributed by atoms with van der Waals surface area (Å²) >= 11 is 0. The lowest BCUT2D eigenvalue weighted by molar-refractivity contribution is 0.102. The van der Waals surface area contributed by atoms with Crippen LogP contribution in [0.3, 0.4) is 0 Å². The minimum atomic E-state index is -0.214. The maximum absolute atomic E-state index is 12.2. The highest BCUT2D eigenvalue weighted by atomic mass is 16.3. The lowest BCUT2D eigenvalue weighted by Gasteiger charge is -2.18. The Hall–Kier alpha value is -2.30. The van der Waals surface area contributed by atoms with Gasteiger partial charge in [-0.1, -0.05) is 0 Å². The number of carbonyl (C=O) groups is 1. The summed E-state index contributed by atoms with van der Waals surface area (Å²) in [5.74, 6) is -0.0321. The first kappa shape index (κ1) is 14.1. The highest BCUT2D eigenvalue weighted by molar-refractivity contribution is 6.04. The van der Waals surface area contributed by atoms with Gasteiger partial charge in [-0.15, -0.1) is 0 Å². The number of aryl methyl sites for hydroxylation is 1. The molecule has 106 valence electrons. The summed E-state index contributed by atoms with van der Waals surface area (Å²) in [5, 5.41) is 16.4. The van der Waals surface area contributed by atoms with Crippen LogP contribution >= 0.6 is 0 Å². The smallest absolute Gasteiger partial charge is 0.258 e. The molecule has 0 unspecified atom stereocenters. The van der Waals surface area contributed by atoms with Crippen molar-refractivity contribution in [3.05, 3.63) is 41.7 Å². The van der Waals surface area contributed by atoms with Gasteiger partial charge in [0.05, 0.1) is 17.3 Å². The Balaban J connectivity index is 2.18. The number of nitrogens with one attached hydrogen (secondary N) is 1. The van der Waals surface area contributed by atoms with Gasteiger partial charge in [-0.05, 0) is 51.5 Å². The first-order chi connectivity index (χ1) is 9.27. The number of aromatic nitrogens is 2. The predicted octanol–water partition coefficient (Wildman–Crippen LogP) is 2.90. The second-order valence-electron chi connectivity index (χ2n) is 5.80. The number of rotatable bonds is 2. The Labute approximate surface area is 118 Å². The molecule has 0 saturated carbocycles. The molecular weight excluding hydrogens is 254 g/mol. The minimum Gasteiger partial charge on any atom is -0.508 e. The van der Waals surface area contributed by atoms with Crippen molar-refractivity contribution < 1.29 is 9.90 Å². The Kier molecular flexibility index (Phi) is 3.53. The number of nitrogens with zero attached hydrogens (tertiary/aromatic N) is 2. The van der Waals surface area contributed by atoms with E-state index in [1.165, 1.54) is 0 Å². The molecule has 1 aromatic carbocycles. The van der Waals surface area contributed by atoms with Crippen LogP contribution in [0.4, 0.5) is 5.69 Å². The molecule has 0 saturated heterocycles. The molecule has 0 bridgehead atoms. The van der Waals surface area contributed by atoms with Crippen molar-refractivity contribution in [1.82, 2.24) is 9.78 Å². The van der Waals surface area contributed by atoms with Crippen LogP contribution in [0.2, 0.25) is 0 Å². The molecule has 0 aliphatic rings. The summed E-state index contributed by atoms with van der Waals surface area (Å²) in [6.07, 6.45) is 3.28. The second kappa shape index (κ2) is 5.00. The number of aromatic hydroxyl groups is 1. The Bertz CT molecular complexity index is 639. The lowest BCUT2D eigenvalue weighted by Crippen LogP contribution is -2.22. The summed E-state index contributed by atoms with van der Waals surface area (Å²) in [5.41, 5.74) is 1.83. The Morgan fingerprint density at radius 2 is 2.05 bits per heavy atom. The van der Waals surface area contributed by atoms with Gasteiger partial charge in [-0.3, -0.25) is 9.48 Å². The molecule has 1 heterocycles. The summed E-state index contributed by atoms with van der Waals surface area (Å²) in [6, 6.07) is 4.83. The van der Waals surface area contributed by atoms with Gasteiger partial charge in [0.1, 0.15) is 5.75 Å². The Morgan fingerprint density at radius 3 is 2.60 bits per heavy atom. The fraction of sp³-hybridized carbons (Fsp3) is 0.333. The molecule has 0 fully saturated rings. The summed E-state index contributed by atoms with van der Waals surface area (Å²) in [4.78, 5) is 12.2. The number of phenols is 1. The number of amides is 1. The number of anilines is 1. The van der Waals surface area contributed by atoms with Gasteiger partial charge in [-0.25, -0.2) is 0 Å². The topological polar surface area (TPSA) is 67.2 Å². The molecule has 0 radical (unpaired) electrons. The normalized spacial score (nSPS) is 11.4. The average molecular weight is 273 g/mol. The minimum absolute atomic E-state index is 0.160. The van der Waals surface area contributed by atoms with E-state index in [2.05, 4.69) is 10.4 Å². The van der Waals surface area contributed by atoms with E-state index < -0.39 is 0 Å². The number of carbonyl (C=O) groups excluding carboxylic acids is 1. The van der Waals surface area contributed by atoms with Gasteiger partial charge < -0.3 is 10.4 Å². The van der Waals surface area contributed by atoms with E-state index in [0.29, 0.717) is 11.3 Å². The van der Waals surface area contributed by atoms with Gasteiger partial charge >= 0.3 is 0 Å². The van der Waals surface area contributed by atoms with E-state index >= 15 is 0 Å². The first-order valence-corrected chi connectivity index (χ1v) is 6.43. The maximum Gasteiger partial charge on any atom is 0.258 e. The van der Waals surface area contributed by atoms with E-state index in [9.17, 15) is 9.90 Å². The van der Waals surface area contributed by atoms with Gasteiger partial charge in [0.15, 0.2) is 0 Å². The fourth-order valence-electron chi connectivity index (χ4n) is 1.79. The van der Waals surface area contributed by atoms with E-state index in [1.54, 1.807) is 35.3 Å². The average Bonchev–Trinajstić information content (AvgIpc) is 2.82. The van der Waals surface area contributed by atoms with Crippen molar-refractivity contribution in [2.75, 3.05) is 5.32 Å². The fourth-order valence-corrected chi connectivity index (χ4v) is 1.79. The molecule has 1 amide bonds. The van der Waals surface area contributed by atoms with Crippen LogP contribution in [0.5, 0.6) is 5.75 Å². The molecule has 5 heteroatoms. The monoisotopic (exact) mass is 273 g/mol. The van der Waals surface area contributed by atoms with E-state index in [0.717, 1.165) is 5.56 Å². The highest BCUT2D eigenvalue weighted by Crippen LogP contribution is 2.21. The molecule has 5 nitrogen and oxygen atoms in total. The Morgan fingerprint density at radius 1 is 1.35 bits per heavy atom. The maximum atomic E-state index is 12.2. The molecule has 2 aromatic rings. The van der Waals surface area contributed by atoms with E-state index in [-0.39, 0.29) is 17.2 Å². The zero-order valence-electron chi connectivity index (χ0n) is 12.1. The van der Waals surface area contributed by atoms with Crippen LogP contribution in [0.15, 0.2) is 30.6 Å². The van der Waals surface area contributed by atoms with Crippen LogP contribution in [-0.2, 0) is 5.54 Å². The SMILES string of the molecule is Cc1cc(O)ccc1NC(=O)c1cnn(C(C)(C)C)c1. The molecular formula is C15H19N3O2. The van der Waals surface area contributed by atoms with Crippen LogP contribution < -0.4 is 5.32 Å². The van der Waals surface area contributed by atoms with Gasteiger partial charge in [0.2, 0.25) is 0 Å². The predicted molar refractivity (Wildman–Crippen MR) is 78.0 cm³/mol. The number of hydrogen-bond donors (Lipinski definition) is 2. The standard InChI is InChI=1S/C15H19N3O2/c1-10-7-12(19)5-6-13(10)17-14(20)11-8-16-18(9-11)15(2,3)4/h5-9,19H,1-4H3,(H,17,20). The molecule has 20 heavy (non-hydrogen) atoms. The molecule has 0 spiro atoms. The van der Waals surface area contributed by atoms with Crippen molar-refractivity contribution in [3.63, 3.8) is 0 Å². The number of hydrogen-bond acceptors (Lipinski definition) is 3. The molecule has 0 aliphatic heterocycles. The van der Waals surface area contributed by atoms with Crippen LogP contribution in [0, 0.1) is 6.92 Å².